The summed E-state index contributed by atoms with van der Waals surface area (Å²) in [6, 6.07) is 7.28. The number of rotatable bonds is 2. The van der Waals surface area contributed by atoms with E-state index in [4.69, 9.17) is 4.74 Å². The van der Waals surface area contributed by atoms with Gasteiger partial charge in [0.2, 0.25) is 0 Å². The molecule has 1 aliphatic heterocycles. The first kappa shape index (κ1) is 10.5. The number of hydrogen-bond acceptors (Lipinski definition) is 4. The highest BCUT2D eigenvalue weighted by Gasteiger charge is 2.26. The summed E-state index contributed by atoms with van der Waals surface area (Å²) in [4.78, 5) is 27.1. The van der Waals surface area contributed by atoms with E-state index in [0.717, 1.165) is 5.56 Å². The Hall–Kier alpha value is -1.97. The van der Waals surface area contributed by atoms with Crippen molar-refractivity contribution in [3.05, 3.63) is 29.8 Å². The fourth-order valence-corrected chi connectivity index (χ4v) is 1.57. The van der Waals surface area contributed by atoms with Crippen molar-refractivity contribution in [2.24, 2.45) is 4.99 Å². The molecule has 0 fully saturated rings. The van der Waals surface area contributed by atoms with Gasteiger partial charge in [-0.3, -0.25) is 4.79 Å². The number of carbonyl (C=O) groups is 2. The topological polar surface area (TPSA) is 55.7 Å². The summed E-state index contributed by atoms with van der Waals surface area (Å²) in [5.74, 6) is -0.917. The molecule has 0 atom stereocenters. The van der Waals surface area contributed by atoms with E-state index in [9.17, 15) is 9.59 Å². The van der Waals surface area contributed by atoms with Crippen LogP contribution < -0.4 is 0 Å². The van der Waals surface area contributed by atoms with Crippen molar-refractivity contribution in [3.63, 3.8) is 0 Å². The summed E-state index contributed by atoms with van der Waals surface area (Å²) in [6.07, 6.45) is 0.216. The molecule has 0 unspecified atom stereocenters. The molecule has 82 valence electrons. The Morgan fingerprint density at radius 2 is 2.19 bits per heavy atom. The van der Waals surface area contributed by atoms with Gasteiger partial charge in [-0.1, -0.05) is 18.2 Å². The second-order valence-electron chi connectivity index (χ2n) is 3.41. The second-order valence-corrected chi connectivity index (χ2v) is 3.41. The van der Waals surface area contributed by atoms with Gasteiger partial charge in [-0.2, -0.15) is 0 Å². The predicted octanol–water partition coefficient (Wildman–Crippen LogP) is 1.45. The smallest absolute Gasteiger partial charge is 0.360 e. The van der Waals surface area contributed by atoms with Crippen molar-refractivity contribution in [1.82, 2.24) is 0 Å². The Morgan fingerprint density at radius 3 is 2.94 bits per heavy atom. The number of aliphatic imine (C=N–C) groups is 1. The lowest BCUT2D eigenvalue weighted by Gasteiger charge is -2.12. The van der Waals surface area contributed by atoms with E-state index in [1.165, 1.54) is 0 Å². The van der Waals surface area contributed by atoms with Crippen LogP contribution in [0.2, 0.25) is 0 Å². The number of esters is 1. The van der Waals surface area contributed by atoms with Crippen LogP contribution in [0.1, 0.15) is 12.5 Å². The third kappa shape index (κ3) is 1.86. The molecule has 4 nitrogen and oxygen atoms in total. The number of Topliss-reactive ketones (excluding diaryl/α,β-unsaturated/α-hetero) is 1. The summed E-state index contributed by atoms with van der Waals surface area (Å²) < 4.78 is 4.78. The van der Waals surface area contributed by atoms with Gasteiger partial charge >= 0.3 is 5.97 Å². The third-order valence-corrected chi connectivity index (χ3v) is 2.31. The maximum atomic E-state index is 11.6. The van der Waals surface area contributed by atoms with Crippen LogP contribution in [-0.4, -0.2) is 24.1 Å². The molecule has 16 heavy (non-hydrogen) atoms. The van der Waals surface area contributed by atoms with Gasteiger partial charge < -0.3 is 4.74 Å². The summed E-state index contributed by atoms with van der Waals surface area (Å²) in [5, 5.41) is 0. The molecular weight excluding hydrogens is 206 g/mol. The minimum atomic E-state index is -0.637. The van der Waals surface area contributed by atoms with Crippen molar-refractivity contribution in [2.75, 3.05) is 6.61 Å². The average molecular weight is 217 g/mol. The van der Waals surface area contributed by atoms with E-state index in [0.29, 0.717) is 5.69 Å². The Labute approximate surface area is 92.9 Å². The zero-order valence-electron chi connectivity index (χ0n) is 8.90. The fraction of sp³-hybridized carbons (Fsp3) is 0.250. The van der Waals surface area contributed by atoms with E-state index < -0.39 is 5.97 Å². The van der Waals surface area contributed by atoms with Crippen molar-refractivity contribution in [3.8, 4) is 0 Å². The van der Waals surface area contributed by atoms with E-state index in [1.54, 1.807) is 13.0 Å². The largest absolute Gasteiger partial charge is 0.461 e. The number of para-hydroxylation sites is 1. The number of nitrogens with zero attached hydrogens (tertiary/aromatic N) is 1. The van der Waals surface area contributed by atoms with Crippen molar-refractivity contribution < 1.29 is 14.3 Å². The molecular formula is C12H11NO3. The van der Waals surface area contributed by atoms with Gasteiger partial charge in [-0.25, -0.2) is 9.79 Å². The molecule has 2 rings (SSSR count). The van der Waals surface area contributed by atoms with Gasteiger partial charge in [-0.15, -0.1) is 0 Å². The van der Waals surface area contributed by atoms with Crippen LogP contribution >= 0.6 is 0 Å². The lowest BCUT2D eigenvalue weighted by Crippen LogP contribution is -2.29. The minimum Gasteiger partial charge on any atom is -0.461 e. The molecule has 4 heteroatoms. The Bertz CT molecular complexity index is 477. The van der Waals surface area contributed by atoms with Gasteiger partial charge in [0, 0.05) is 6.42 Å². The van der Waals surface area contributed by atoms with Crippen LogP contribution in [0.5, 0.6) is 0 Å². The van der Waals surface area contributed by atoms with Gasteiger partial charge in [0.25, 0.3) is 0 Å². The zero-order valence-corrected chi connectivity index (χ0v) is 8.90. The van der Waals surface area contributed by atoms with Crippen LogP contribution in [-0.2, 0) is 20.7 Å². The highest BCUT2D eigenvalue weighted by atomic mass is 16.5. The molecule has 0 saturated heterocycles. The summed E-state index contributed by atoms with van der Waals surface area (Å²) in [5.41, 5.74) is 1.42. The standard InChI is InChI=1S/C12H11NO3/c1-2-16-12(15)11-10(14)7-8-5-3-4-6-9(8)13-11/h3-6H,2,7H2,1H3. The molecule has 0 amide bonds. The van der Waals surface area contributed by atoms with Gasteiger partial charge in [0.15, 0.2) is 11.5 Å². The molecule has 0 bridgehead atoms. The van der Waals surface area contributed by atoms with Crippen molar-refractivity contribution in [1.29, 1.82) is 0 Å². The number of fused-ring (bicyclic) bond motifs is 1. The predicted molar refractivity (Wildman–Crippen MR) is 58.9 cm³/mol. The van der Waals surface area contributed by atoms with E-state index in [-0.39, 0.29) is 24.5 Å². The summed E-state index contributed by atoms with van der Waals surface area (Å²) in [6.45, 7) is 1.94. The van der Waals surface area contributed by atoms with E-state index in [1.807, 2.05) is 18.2 Å². The van der Waals surface area contributed by atoms with E-state index in [2.05, 4.69) is 4.99 Å². The third-order valence-electron chi connectivity index (χ3n) is 2.31. The lowest BCUT2D eigenvalue weighted by atomic mass is 10.0. The molecule has 0 radical (unpaired) electrons. The van der Waals surface area contributed by atoms with Crippen LogP contribution in [0.3, 0.4) is 0 Å². The maximum absolute atomic E-state index is 11.6. The number of benzene rings is 1. The minimum absolute atomic E-state index is 0.0967. The highest BCUT2D eigenvalue weighted by Crippen LogP contribution is 2.24. The summed E-state index contributed by atoms with van der Waals surface area (Å²) in [7, 11) is 0. The second kappa shape index (κ2) is 4.26. The van der Waals surface area contributed by atoms with Crippen LogP contribution in [0.4, 0.5) is 5.69 Å². The first-order valence-electron chi connectivity index (χ1n) is 5.09. The van der Waals surface area contributed by atoms with E-state index >= 15 is 0 Å². The van der Waals surface area contributed by atoms with Gasteiger partial charge in [0.1, 0.15) is 0 Å². The monoisotopic (exact) mass is 217 g/mol. The molecule has 0 aromatic heterocycles. The number of ketones is 1. The van der Waals surface area contributed by atoms with Crippen molar-refractivity contribution in [2.45, 2.75) is 13.3 Å². The molecule has 0 spiro atoms. The Morgan fingerprint density at radius 1 is 1.44 bits per heavy atom. The Kier molecular flexibility index (Phi) is 2.81. The van der Waals surface area contributed by atoms with Gasteiger partial charge in [0.05, 0.1) is 12.3 Å². The molecule has 1 aliphatic rings. The molecule has 1 aromatic carbocycles. The van der Waals surface area contributed by atoms with Gasteiger partial charge in [-0.05, 0) is 18.6 Å². The van der Waals surface area contributed by atoms with Crippen molar-refractivity contribution >= 4 is 23.2 Å². The maximum Gasteiger partial charge on any atom is 0.360 e. The zero-order chi connectivity index (χ0) is 11.5. The molecule has 1 heterocycles. The molecule has 0 N–H and O–H groups in total. The van der Waals surface area contributed by atoms with Crippen LogP contribution in [0.25, 0.3) is 0 Å². The molecule has 0 aliphatic carbocycles. The average Bonchev–Trinajstić information content (AvgIpc) is 2.28. The highest BCUT2D eigenvalue weighted by molar-refractivity contribution is 6.65. The lowest BCUT2D eigenvalue weighted by molar-refractivity contribution is -0.135. The number of hydrogen-bond donors (Lipinski definition) is 0. The van der Waals surface area contributed by atoms with Crippen LogP contribution in [0, 0.1) is 0 Å². The first-order valence-corrected chi connectivity index (χ1v) is 5.09. The fourth-order valence-electron chi connectivity index (χ4n) is 1.57. The molecule has 1 aromatic rings. The molecule has 0 saturated carbocycles. The van der Waals surface area contributed by atoms with Crippen LogP contribution in [0.15, 0.2) is 29.3 Å². The summed E-state index contributed by atoms with van der Waals surface area (Å²) >= 11 is 0. The SMILES string of the molecule is CCOC(=O)C1=Nc2ccccc2CC1=O. The first-order chi connectivity index (χ1) is 7.72. The normalized spacial score (nSPS) is 14.1. The number of carbonyl (C=O) groups excluding carboxylic acids is 2. The quantitative estimate of drug-likeness (QED) is 0.704. The Balaban J connectivity index is 2.37. The number of ether oxygens (including phenoxy) is 1.